The van der Waals surface area contributed by atoms with Gasteiger partial charge in [0.15, 0.2) is 5.82 Å². The number of hydrogen-bond donors (Lipinski definition) is 0. The summed E-state index contributed by atoms with van der Waals surface area (Å²) in [4.78, 5) is 13.4. The van der Waals surface area contributed by atoms with Crippen molar-refractivity contribution in [2.75, 3.05) is 0 Å². The highest BCUT2D eigenvalue weighted by atomic mass is 15.4. The topological polar surface area (TPSA) is 79.2 Å². The summed E-state index contributed by atoms with van der Waals surface area (Å²) in [6.07, 6.45) is 12.3. The highest BCUT2D eigenvalue weighted by Crippen LogP contribution is 2.28. The van der Waals surface area contributed by atoms with Crippen LogP contribution in [0.4, 0.5) is 0 Å². The van der Waals surface area contributed by atoms with Gasteiger partial charge in [0.2, 0.25) is 0 Å². The standard InChI is InChI=1S/C20H24N8/c1-2-6-16(7-3-1)28-20(24-19(25-28)12-27-14-21-13-23-27)10-11-26-15-22-17-8-4-5-9-18(17)26/h4-5,8-9,13-16H,1-3,6-7,10-12H2. The molecule has 0 unspecified atom stereocenters. The van der Waals surface area contributed by atoms with Crippen LogP contribution in [0.5, 0.6) is 0 Å². The number of benzene rings is 1. The fraction of sp³-hybridized carbons (Fsp3) is 0.450. The molecule has 144 valence electrons. The minimum Gasteiger partial charge on any atom is -0.330 e. The van der Waals surface area contributed by atoms with Gasteiger partial charge in [-0.2, -0.15) is 10.2 Å². The third-order valence-corrected chi connectivity index (χ3v) is 5.54. The van der Waals surface area contributed by atoms with E-state index in [9.17, 15) is 0 Å². The van der Waals surface area contributed by atoms with Crippen molar-refractivity contribution in [2.45, 2.75) is 57.7 Å². The maximum absolute atomic E-state index is 4.87. The molecular weight excluding hydrogens is 352 g/mol. The molecule has 0 aliphatic heterocycles. The number of rotatable bonds is 6. The Morgan fingerprint density at radius 1 is 1.04 bits per heavy atom. The van der Waals surface area contributed by atoms with E-state index in [4.69, 9.17) is 10.1 Å². The predicted molar refractivity (Wildman–Crippen MR) is 105 cm³/mol. The molecule has 8 nitrogen and oxygen atoms in total. The molecule has 0 spiro atoms. The second-order valence-electron chi connectivity index (χ2n) is 7.45. The number of nitrogens with zero attached hydrogens (tertiary/aromatic N) is 8. The van der Waals surface area contributed by atoms with Crippen molar-refractivity contribution in [1.82, 2.24) is 39.1 Å². The van der Waals surface area contributed by atoms with Crippen LogP contribution < -0.4 is 0 Å². The average molecular weight is 376 g/mol. The molecule has 28 heavy (non-hydrogen) atoms. The number of aromatic nitrogens is 8. The highest BCUT2D eigenvalue weighted by Gasteiger charge is 2.21. The molecule has 0 N–H and O–H groups in total. The molecule has 0 bridgehead atoms. The Kier molecular flexibility index (Phi) is 4.60. The van der Waals surface area contributed by atoms with Crippen LogP contribution in [-0.2, 0) is 19.5 Å². The first-order valence-electron chi connectivity index (χ1n) is 10.0. The summed E-state index contributed by atoms with van der Waals surface area (Å²) in [6.45, 7) is 1.40. The number of fused-ring (bicyclic) bond motifs is 1. The van der Waals surface area contributed by atoms with E-state index in [1.165, 1.54) is 32.1 Å². The van der Waals surface area contributed by atoms with Gasteiger partial charge in [0.1, 0.15) is 25.0 Å². The van der Waals surface area contributed by atoms with Crippen LogP contribution in [0, 0.1) is 0 Å². The SMILES string of the molecule is c1ccc2c(c1)ncn2CCc1nc(Cn2cncn2)nn1C1CCCCC1. The van der Waals surface area contributed by atoms with Crippen molar-refractivity contribution in [3.05, 3.63) is 54.9 Å². The number of aryl methyl sites for hydroxylation is 2. The maximum Gasteiger partial charge on any atom is 0.172 e. The first-order chi connectivity index (χ1) is 13.9. The van der Waals surface area contributed by atoms with Gasteiger partial charge in [-0.1, -0.05) is 31.4 Å². The van der Waals surface area contributed by atoms with Gasteiger partial charge in [0, 0.05) is 13.0 Å². The molecule has 0 saturated heterocycles. The predicted octanol–water partition coefficient (Wildman–Crippen LogP) is 3.02. The Balaban J connectivity index is 1.40. The lowest BCUT2D eigenvalue weighted by atomic mass is 9.95. The lowest BCUT2D eigenvalue weighted by Gasteiger charge is -2.23. The van der Waals surface area contributed by atoms with E-state index in [1.807, 2.05) is 18.5 Å². The van der Waals surface area contributed by atoms with Gasteiger partial charge >= 0.3 is 0 Å². The second-order valence-corrected chi connectivity index (χ2v) is 7.45. The van der Waals surface area contributed by atoms with Gasteiger partial charge in [0.25, 0.3) is 0 Å². The Morgan fingerprint density at radius 2 is 1.93 bits per heavy atom. The van der Waals surface area contributed by atoms with E-state index >= 15 is 0 Å². The lowest BCUT2D eigenvalue weighted by molar-refractivity contribution is 0.318. The van der Waals surface area contributed by atoms with Crippen molar-refractivity contribution in [2.24, 2.45) is 0 Å². The fourth-order valence-electron chi connectivity index (χ4n) is 4.13. The zero-order chi connectivity index (χ0) is 18.8. The van der Waals surface area contributed by atoms with Gasteiger partial charge in [-0.15, -0.1) is 0 Å². The van der Waals surface area contributed by atoms with E-state index in [0.717, 1.165) is 35.6 Å². The zero-order valence-corrected chi connectivity index (χ0v) is 15.9. The molecule has 1 aromatic carbocycles. The molecule has 1 fully saturated rings. The summed E-state index contributed by atoms with van der Waals surface area (Å²) < 4.78 is 6.16. The van der Waals surface area contributed by atoms with Crippen LogP contribution in [0.15, 0.2) is 43.2 Å². The van der Waals surface area contributed by atoms with Gasteiger partial charge in [-0.05, 0) is 25.0 Å². The monoisotopic (exact) mass is 376 g/mol. The van der Waals surface area contributed by atoms with Crippen LogP contribution in [0.3, 0.4) is 0 Å². The molecule has 3 aromatic heterocycles. The molecule has 4 aromatic rings. The van der Waals surface area contributed by atoms with Crippen molar-refractivity contribution in [3.8, 4) is 0 Å². The molecule has 0 radical (unpaired) electrons. The lowest BCUT2D eigenvalue weighted by Crippen LogP contribution is -2.18. The van der Waals surface area contributed by atoms with Crippen LogP contribution >= 0.6 is 0 Å². The Hall–Kier alpha value is -3.03. The average Bonchev–Trinajstić information content (AvgIpc) is 3.47. The molecule has 8 heteroatoms. The van der Waals surface area contributed by atoms with Gasteiger partial charge < -0.3 is 4.57 Å². The molecule has 1 aliphatic rings. The molecule has 3 heterocycles. The smallest absolute Gasteiger partial charge is 0.172 e. The van der Waals surface area contributed by atoms with E-state index < -0.39 is 0 Å². The van der Waals surface area contributed by atoms with Crippen molar-refractivity contribution in [3.63, 3.8) is 0 Å². The number of imidazole rings is 1. The first-order valence-corrected chi connectivity index (χ1v) is 10.0. The van der Waals surface area contributed by atoms with Crippen molar-refractivity contribution < 1.29 is 0 Å². The zero-order valence-electron chi connectivity index (χ0n) is 15.9. The summed E-state index contributed by atoms with van der Waals surface area (Å²) in [5, 5.41) is 9.05. The Labute approximate surface area is 163 Å². The van der Waals surface area contributed by atoms with Crippen LogP contribution in [0.1, 0.15) is 49.8 Å². The van der Waals surface area contributed by atoms with E-state index in [-0.39, 0.29) is 0 Å². The minimum absolute atomic E-state index is 0.459. The van der Waals surface area contributed by atoms with Crippen molar-refractivity contribution >= 4 is 11.0 Å². The molecule has 0 atom stereocenters. The highest BCUT2D eigenvalue weighted by molar-refractivity contribution is 5.74. The van der Waals surface area contributed by atoms with Gasteiger partial charge in [0.05, 0.1) is 23.4 Å². The molecule has 1 aliphatic carbocycles. The Morgan fingerprint density at radius 3 is 2.79 bits per heavy atom. The third-order valence-electron chi connectivity index (χ3n) is 5.54. The van der Waals surface area contributed by atoms with Gasteiger partial charge in [-0.3, -0.25) is 0 Å². The normalized spacial score (nSPS) is 15.4. The summed E-state index contributed by atoms with van der Waals surface area (Å²) >= 11 is 0. The summed E-state index contributed by atoms with van der Waals surface area (Å²) in [5.41, 5.74) is 2.19. The molecule has 1 saturated carbocycles. The van der Waals surface area contributed by atoms with E-state index in [1.54, 1.807) is 17.3 Å². The van der Waals surface area contributed by atoms with Crippen LogP contribution in [-0.4, -0.2) is 39.1 Å². The van der Waals surface area contributed by atoms with Crippen LogP contribution in [0.25, 0.3) is 11.0 Å². The van der Waals surface area contributed by atoms with Gasteiger partial charge in [-0.25, -0.2) is 24.3 Å². The van der Waals surface area contributed by atoms with Crippen molar-refractivity contribution in [1.29, 1.82) is 0 Å². The number of para-hydroxylation sites is 2. The Bertz CT molecular complexity index is 1040. The summed E-state index contributed by atoms with van der Waals surface area (Å²) in [5.74, 6) is 1.86. The second kappa shape index (κ2) is 7.53. The fourth-order valence-corrected chi connectivity index (χ4v) is 4.13. The summed E-state index contributed by atoms with van der Waals surface area (Å²) in [7, 11) is 0. The molecule has 0 amide bonds. The first kappa shape index (κ1) is 17.1. The maximum atomic E-state index is 4.87. The molecule has 5 rings (SSSR count). The summed E-state index contributed by atoms with van der Waals surface area (Å²) in [6, 6.07) is 8.70. The largest absolute Gasteiger partial charge is 0.330 e. The third kappa shape index (κ3) is 3.42. The minimum atomic E-state index is 0.459. The van der Waals surface area contributed by atoms with Crippen LogP contribution in [0.2, 0.25) is 0 Å². The quantitative estimate of drug-likeness (QED) is 0.517. The van der Waals surface area contributed by atoms with E-state index in [0.29, 0.717) is 12.6 Å². The van der Waals surface area contributed by atoms with E-state index in [2.05, 4.69) is 36.4 Å². The molecular formula is C20H24N8. The number of hydrogen-bond acceptors (Lipinski definition) is 5.